The zero-order valence-corrected chi connectivity index (χ0v) is 16.8. The summed E-state index contributed by atoms with van der Waals surface area (Å²) in [6.45, 7) is 3.69. The van der Waals surface area contributed by atoms with Crippen LogP contribution in [0.25, 0.3) is 33.7 Å². The Balaban J connectivity index is 1.72. The summed E-state index contributed by atoms with van der Waals surface area (Å²) >= 11 is 0. The number of aromatic nitrogens is 4. The van der Waals surface area contributed by atoms with Gasteiger partial charge < -0.3 is 19.0 Å². The van der Waals surface area contributed by atoms with Gasteiger partial charge in [-0.1, -0.05) is 5.16 Å². The Morgan fingerprint density at radius 1 is 1.39 bits per heavy atom. The van der Waals surface area contributed by atoms with Gasteiger partial charge in [-0.2, -0.15) is 10.2 Å². The molecule has 3 aromatic heterocycles. The predicted octanol–water partition coefficient (Wildman–Crippen LogP) is 4.21. The quantitative estimate of drug-likeness (QED) is 0.446. The smallest absolute Gasteiger partial charge is 0.259 e. The molecule has 156 valence electrons. The lowest BCUT2D eigenvalue weighted by molar-refractivity contribution is -0.107. The Bertz CT molecular complexity index is 1300. The maximum absolute atomic E-state index is 14.5. The van der Waals surface area contributed by atoms with E-state index in [-0.39, 0.29) is 29.3 Å². The molecule has 0 saturated carbocycles. The van der Waals surface area contributed by atoms with Gasteiger partial charge in [0.05, 0.1) is 17.2 Å². The van der Waals surface area contributed by atoms with E-state index in [0.29, 0.717) is 40.4 Å². The molecule has 9 heteroatoms. The number of nitriles is 1. The molecule has 3 heterocycles. The number of H-pyrrole nitrogens is 1. The fraction of sp³-hybridized carbons (Fsp3) is 0.227. The van der Waals surface area contributed by atoms with Crippen molar-refractivity contribution in [2.45, 2.75) is 32.8 Å². The summed E-state index contributed by atoms with van der Waals surface area (Å²) in [5, 5.41) is 13.8. The molecule has 0 aliphatic heterocycles. The minimum absolute atomic E-state index is 0.126. The Kier molecular flexibility index (Phi) is 5.45. The molecule has 0 atom stereocenters. The first-order chi connectivity index (χ1) is 15.0. The summed E-state index contributed by atoms with van der Waals surface area (Å²) in [4.78, 5) is 22.3. The number of pyridine rings is 1. The van der Waals surface area contributed by atoms with Gasteiger partial charge in [0.25, 0.3) is 5.89 Å². The van der Waals surface area contributed by atoms with Crippen LogP contribution in [0.4, 0.5) is 4.39 Å². The molecule has 4 aromatic rings. The summed E-state index contributed by atoms with van der Waals surface area (Å²) in [6.07, 6.45) is 4.56. The van der Waals surface area contributed by atoms with E-state index in [1.165, 1.54) is 12.3 Å². The normalized spacial score (nSPS) is 11.1. The minimum atomic E-state index is -0.395. The van der Waals surface area contributed by atoms with Gasteiger partial charge >= 0.3 is 0 Å². The first-order valence-corrected chi connectivity index (χ1v) is 9.65. The molecule has 1 aromatic carbocycles. The molecule has 4 rings (SSSR count). The maximum atomic E-state index is 14.5. The fourth-order valence-electron chi connectivity index (χ4n) is 3.29. The highest BCUT2D eigenvalue weighted by Gasteiger charge is 2.19. The minimum Gasteiger partial charge on any atom is -0.474 e. The number of fused-ring (bicyclic) bond motifs is 1. The highest BCUT2D eigenvalue weighted by molar-refractivity contribution is 5.95. The highest BCUT2D eigenvalue weighted by atomic mass is 19.1. The third-order valence-corrected chi connectivity index (χ3v) is 4.63. The number of hydrogen-bond donors (Lipinski definition) is 1. The summed E-state index contributed by atoms with van der Waals surface area (Å²) in [5.41, 5.74) is 2.48. The average Bonchev–Trinajstić information content (AvgIpc) is 3.41. The van der Waals surface area contributed by atoms with Crippen LogP contribution in [-0.2, 0) is 11.2 Å². The number of aromatic amines is 1. The van der Waals surface area contributed by atoms with Gasteiger partial charge in [-0.05, 0) is 44.0 Å². The average molecular weight is 419 g/mol. The van der Waals surface area contributed by atoms with Crippen molar-refractivity contribution in [1.29, 1.82) is 5.26 Å². The molecular formula is C22H18FN5O3. The number of hydrogen-bond acceptors (Lipinski definition) is 7. The summed E-state index contributed by atoms with van der Waals surface area (Å²) in [6, 6.07) is 6.51. The second-order valence-electron chi connectivity index (χ2n) is 7.14. The molecular weight excluding hydrogens is 401 g/mol. The Labute approximate surface area is 176 Å². The predicted molar refractivity (Wildman–Crippen MR) is 110 cm³/mol. The highest BCUT2D eigenvalue weighted by Crippen LogP contribution is 2.32. The van der Waals surface area contributed by atoms with Crippen LogP contribution in [0.1, 0.15) is 31.4 Å². The van der Waals surface area contributed by atoms with Gasteiger partial charge in [0.2, 0.25) is 11.7 Å². The van der Waals surface area contributed by atoms with E-state index >= 15 is 0 Å². The number of nitrogens with one attached hydrogen (secondary N) is 1. The number of aryl methyl sites for hydroxylation is 1. The lowest BCUT2D eigenvalue weighted by atomic mass is 10.0. The van der Waals surface area contributed by atoms with Gasteiger partial charge in [0.15, 0.2) is 0 Å². The van der Waals surface area contributed by atoms with Gasteiger partial charge in [-0.15, -0.1) is 0 Å². The third kappa shape index (κ3) is 3.88. The first kappa shape index (κ1) is 20.2. The second-order valence-corrected chi connectivity index (χ2v) is 7.14. The molecule has 0 spiro atoms. The van der Waals surface area contributed by atoms with Gasteiger partial charge in [-0.25, -0.2) is 9.37 Å². The van der Waals surface area contributed by atoms with Crippen LogP contribution in [0.3, 0.4) is 0 Å². The van der Waals surface area contributed by atoms with E-state index in [0.717, 1.165) is 6.29 Å². The topological polar surface area (TPSA) is 118 Å². The van der Waals surface area contributed by atoms with Gasteiger partial charge in [-0.3, -0.25) is 0 Å². The van der Waals surface area contributed by atoms with Crippen LogP contribution >= 0.6 is 0 Å². The zero-order chi connectivity index (χ0) is 22.0. The van der Waals surface area contributed by atoms with E-state index in [9.17, 15) is 14.4 Å². The van der Waals surface area contributed by atoms with E-state index in [4.69, 9.17) is 9.26 Å². The molecule has 31 heavy (non-hydrogen) atoms. The van der Waals surface area contributed by atoms with Crippen LogP contribution in [0.2, 0.25) is 0 Å². The van der Waals surface area contributed by atoms with Crippen molar-refractivity contribution in [2.75, 3.05) is 0 Å². The van der Waals surface area contributed by atoms with Crippen molar-refractivity contribution in [1.82, 2.24) is 20.1 Å². The van der Waals surface area contributed by atoms with Crippen molar-refractivity contribution < 1.29 is 18.4 Å². The number of ether oxygens (including phenoxy) is 1. The largest absolute Gasteiger partial charge is 0.474 e. The van der Waals surface area contributed by atoms with Crippen LogP contribution in [-0.4, -0.2) is 32.5 Å². The molecule has 1 N–H and O–H groups in total. The first-order valence-electron chi connectivity index (χ1n) is 9.65. The standard InChI is InChI=1S/C22H18FN5O3/c1-12(2)30-21-14(9-24)8-15(11-26-21)22-27-20(28-31-22)16-5-6-17(23)18-13(4-3-7-29)10-25-19(16)18/h5-8,10-12,25H,3-4H2,1-2H3. The van der Waals surface area contributed by atoms with Crippen LogP contribution < -0.4 is 4.74 Å². The maximum Gasteiger partial charge on any atom is 0.259 e. The number of halogens is 1. The van der Waals surface area contributed by atoms with E-state index in [2.05, 4.69) is 26.2 Å². The van der Waals surface area contributed by atoms with Crippen molar-refractivity contribution >= 4 is 17.2 Å². The lowest BCUT2D eigenvalue weighted by Gasteiger charge is -2.09. The molecule has 0 saturated heterocycles. The number of carbonyl (C=O) groups excluding carboxylic acids is 1. The van der Waals surface area contributed by atoms with Gasteiger partial charge in [0, 0.05) is 29.8 Å². The SMILES string of the molecule is CC(C)Oc1ncc(-c2nc(-c3ccc(F)c4c(CCC=O)c[nH]c34)no2)cc1C#N. The zero-order valence-electron chi connectivity index (χ0n) is 16.8. The second kappa shape index (κ2) is 8.36. The number of rotatable bonds is 7. The Morgan fingerprint density at radius 3 is 2.97 bits per heavy atom. The van der Waals surface area contributed by atoms with Crippen LogP contribution in [0.5, 0.6) is 5.88 Å². The molecule has 0 amide bonds. The monoisotopic (exact) mass is 419 g/mol. The van der Waals surface area contributed by atoms with E-state index in [1.54, 1.807) is 18.3 Å². The molecule has 0 aliphatic rings. The van der Waals surface area contributed by atoms with E-state index < -0.39 is 5.82 Å². The molecule has 0 bridgehead atoms. The van der Waals surface area contributed by atoms with Crippen molar-refractivity contribution in [2.24, 2.45) is 0 Å². The molecule has 8 nitrogen and oxygen atoms in total. The van der Waals surface area contributed by atoms with Crippen LogP contribution in [0, 0.1) is 17.1 Å². The van der Waals surface area contributed by atoms with Crippen molar-refractivity contribution in [3.05, 3.63) is 47.5 Å². The van der Waals surface area contributed by atoms with Crippen LogP contribution in [0.15, 0.2) is 35.1 Å². The number of carbonyl (C=O) groups is 1. The van der Waals surface area contributed by atoms with Gasteiger partial charge in [0.1, 0.15) is 23.7 Å². The van der Waals surface area contributed by atoms with E-state index in [1.807, 2.05) is 13.8 Å². The summed E-state index contributed by atoms with van der Waals surface area (Å²) in [5.74, 6) is 0.258. The lowest BCUT2D eigenvalue weighted by Crippen LogP contribution is -2.08. The molecule has 0 radical (unpaired) electrons. The summed E-state index contributed by atoms with van der Waals surface area (Å²) in [7, 11) is 0. The van der Waals surface area contributed by atoms with Crippen molar-refractivity contribution in [3.8, 4) is 34.8 Å². The fourth-order valence-corrected chi connectivity index (χ4v) is 3.29. The molecule has 0 unspecified atom stereocenters. The molecule has 0 fully saturated rings. The van der Waals surface area contributed by atoms with Crippen molar-refractivity contribution in [3.63, 3.8) is 0 Å². The third-order valence-electron chi connectivity index (χ3n) is 4.63. The molecule has 0 aliphatic carbocycles. The summed E-state index contributed by atoms with van der Waals surface area (Å²) < 4.78 is 25.4. The number of aldehydes is 1. The number of nitrogens with zero attached hydrogens (tertiary/aromatic N) is 4. The Morgan fingerprint density at radius 2 is 2.23 bits per heavy atom. The number of benzene rings is 1. The Hall–Kier alpha value is -4.06.